The minimum atomic E-state index is -0.221. The zero-order chi connectivity index (χ0) is 9.31. The molecule has 3 nitrogen and oxygen atoms in total. The van der Waals surface area contributed by atoms with Crippen molar-refractivity contribution in [1.29, 1.82) is 0 Å². The van der Waals surface area contributed by atoms with Crippen molar-refractivity contribution in [2.75, 3.05) is 19.8 Å². The van der Waals surface area contributed by atoms with Gasteiger partial charge < -0.3 is 9.85 Å². The molecule has 1 aliphatic heterocycles. The van der Waals surface area contributed by atoms with Gasteiger partial charge in [0.25, 0.3) is 0 Å². The summed E-state index contributed by atoms with van der Waals surface area (Å²) in [5, 5.41) is 15.2. The second-order valence-corrected chi connectivity index (χ2v) is 3.61. The van der Waals surface area contributed by atoms with E-state index in [2.05, 4.69) is 5.32 Å². The fourth-order valence-corrected chi connectivity index (χ4v) is 1.70. The topological polar surface area (TPSA) is 35.1 Å². The summed E-state index contributed by atoms with van der Waals surface area (Å²) in [5.74, 6) is 0. The highest BCUT2D eigenvalue weighted by atomic mass is 16.6. The van der Waals surface area contributed by atoms with Crippen molar-refractivity contribution < 1.29 is 0 Å². The van der Waals surface area contributed by atoms with Gasteiger partial charge in [-0.3, -0.25) is 5.32 Å². The van der Waals surface area contributed by atoms with Crippen molar-refractivity contribution in [2.24, 2.45) is 0 Å². The molecule has 13 heavy (non-hydrogen) atoms. The predicted octanol–water partition coefficient (Wildman–Crippen LogP) is 1.36. The average molecular weight is 178 g/mol. The van der Waals surface area contributed by atoms with Crippen LogP contribution in [0.4, 0.5) is 5.69 Å². The van der Waals surface area contributed by atoms with Crippen LogP contribution in [0.5, 0.6) is 0 Å². The Balaban J connectivity index is 2.33. The summed E-state index contributed by atoms with van der Waals surface area (Å²) in [6, 6.07) is 7.84. The van der Waals surface area contributed by atoms with Crippen LogP contribution in [0.15, 0.2) is 24.3 Å². The van der Waals surface area contributed by atoms with E-state index in [1.54, 1.807) is 0 Å². The van der Waals surface area contributed by atoms with Gasteiger partial charge in [0.2, 0.25) is 0 Å². The van der Waals surface area contributed by atoms with Gasteiger partial charge in [-0.1, -0.05) is 12.1 Å². The van der Waals surface area contributed by atoms with Gasteiger partial charge in [0.1, 0.15) is 12.4 Å². The van der Waals surface area contributed by atoms with Crippen LogP contribution in [-0.4, -0.2) is 19.8 Å². The summed E-state index contributed by atoms with van der Waals surface area (Å²) >= 11 is 0. The number of hydroxylamine groups is 2. The number of hydrogen-bond donors (Lipinski definition) is 1. The minimum absolute atomic E-state index is 0.221. The minimum Gasteiger partial charge on any atom is -0.626 e. The third-order valence-corrected chi connectivity index (χ3v) is 2.49. The highest BCUT2D eigenvalue weighted by Crippen LogP contribution is 2.23. The molecule has 1 aliphatic rings. The first-order chi connectivity index (χ1) is 6.21. The second kappa shape index (κ2) is 3.10. The zero-order valence-corrected chi connectivity index (χ0v) is 7.79. The van der Waals surface area contributed by atoms with E-state index in [0.29, 0.717) is 13.2 Å². The SMILES string of the molecule is Cc1cccc([N+]2([O-])CCNC2)c1. The molecule has 0 bridgehead atoms. The van der Waals surface area contributed by atoms with E-state index in [9.17, 15) is 5.21 Å². The molecular formula is C10H14N2O. The van der Waals surface area contributed by atoms with Crippen molar-refractivity contribution in [2.45, 2.75) is 6.92 Å². The molecule has 0 radical (unpaired) electrons. The zero-order valence-electron chi connectivity index (χ0n) is 7.79. The van der Waals surface area contributed by atoms with E-state index < -0.39 is 0 Å². The molecule has 70 valence electrons. The molecule has 0 saturated carbocycles. The maximum absolute atomic E-state index is 12.1. The van der Waals surface area contributed by atoms with Gasteiger partial charge in [-0.25, -0.2) is 0 Å². The molecule has 1 aromatic carbocycles. The fourth-order valence-electron chi connectivity index (χ4n) is 1.70. The van der Waals surface area contributed by atoms with E-state index in [1.807, 2.05) is 31.2 Å². The molecule has 0 amide bonds. The Labute approximate surface area is 78.2 Å². The average Bonchev–Trinajstić information content (AvgIpc) is 2.54. The van der Waals surface area contributed by atoms with E-state index >= 15 is 0 Å². The van der Waals surface area contributed by atoms with Crippen LogP contribution < -0.4 is 9.96 Å². The van der Waals surface area contributed by atoms with Gasteiger partial charge >= 0.3 is 0 Å². The van der Waals surface area contributed by atoms with E-state index in [-0.39, 0.29) is 4.65 Å². The Bertz CT molecular complexity index is 306. The van der Waals surface area contributed by atoms with Gasteiger partial charge in [0, 0.05) is 6.07 Å². The quantitative estimate of drug-likeness (QED) is 0.520. The van der Waals surface area contributed by atoms with Crippen molar-refractivity contribution in [3.8, 4) is 0 Å². The molecular weight excluding hydrogens is 164 g/mol. The second-order valence-electron chi connectivity index (χ2n) is 3.61. The summed E-state index contributed by atoms with van der Waals surface area (Å²) < 4.78 is -0.221. The van der Waals surface area contributed by atoms with Crippen LogP contribution in [0.2, 0.25) is 0 Å². The van der Waals surface area contributed by atoms with Crippen molar-refractivity contribution in [3.05, 3.63) is 35.0 Å². The number of nitrogens with zero attached hydrogens (tertiary/aromatic N) is 1. The maximum atomic E-state index is 12.1. The summed E-state index contributed by atoms with van der Waals surface area (Å²) in [6.45, 7) is 3.98. The Morgan fingerprint density at radius 3 is 2.92 bits per heavy atom. The smallest absolute Gasteiger partial charge is 0.137 e. The molecule has 0 aliphatic carbocycles. The first-order valence-corrected chi connectivity index (χ1v) is 4.57. The lowest BCUT2D eigenvalue weighted by Crippen LogP contribution is -2.41. The van der Waals surface area contributed by atoms with Crippen LogP contribution in [0, 0.1) is 12.1 Å². The van der Waals surface area contributed by atoms with E-state index in [4.69, 9.17) is 0 Å². The van der Waals surface area contributed by atoms with Gasteiger partial charge in [0.15, 0.2) is 0 Å². The van der Waals surface area contributed by atoms with Crippen LogP contribution in [-0.2, 0) is 0 Å². The van der Waals surface area contributed by atoms with E-state index in [1.165, 1.54) is 0 Å². The number of quaternary nitrogens is 1. The van der Waals surface area contributed by atoms with Gasteiger partial charge in [-0.05, 0) is 18.6 Å². The standard InChI is InChI=1S/C10H14N2O/c1-9-3-2-4-10(7-9)12(13)6-5-11-8-12/h2-4,7,11H,5-6,8H2,1H3. The third-order valence-electron chi connectivity index (χ3n) is 2.49. The highest BCUT2D eigenvalue weighted by Gasteiger charge is 2.24. The number of nitrogens with one attached hydrogen (secondary N) is 1. The molecule has 1 heterocycles. The number of hydrogen-bond acceptors (Lipinski definition) is 2. The molecule has 1 N–H and O–H groups in total. The fraction of sp³-hybridized carbons (Fsp3) is 0.400. The molecule has 0 aromatic heterocycles. The summed E-state index contributed by atoms with van der Waals surface area (Å²) in [4.78, 5) is 0. The molecule has 1 unspecified atom stereocenters. The largest absolute Gasteiger partial charge is 0.626 e. The first-order valence-electron chi connectivity index (χ1n) is 4.57. The van der Waals surface area contributed by atoms with Crippen LogP contribution >= 0.6 is 0 Å². The number of rotatable bonds is 1. The maximum Gasteiger partial charge on any atom is 0.137 e. The lowest BCUT2D eigenvalue weighted by atomic mass is 10.2. The Morgan fingerprint density at radius 1 is 1.46 bits per heavy atom. The normalized spacial score (nSPS) is 27.8. The Hall–Kier alpha value is -0.900. The molecule has 0 spiro atoms. The molecule has 1 saturated heterocycles. The van der Waals surface area contributed by atoms with Crippen molar-refractivity contribution >= 4 is 5.69 Å². The van der Waals surface area contributed by atoms with Crippen molar-refractivity contribution in [1.82, 2.24) is 9.96 Å². The highest BCUT2D eigenvalue weighted by molar-refractivity contribution is 5.46. The van der Waals surface area contributed by atoms with E-state index in [0.717, 1.165) is 17.8 Å². The van der Waals surface area contributed by atoms with Crippen LogP contribution in [0.3, 0.4) is 0 Å². The monoisotopic (exact) mass is 178 g/mol. The summed E-state index contributed by atoms with van der Waals surface area (Å²) in [6.07, 6.45) is 0. The molecule has 2 rings (SSSR count). The summed E-state index contributed by atoms with van der Waals surface area (Å²) in [5.41, 5.74) is 2.02. The Kier molecular flexibility index (Phi) is 2.07. The third kappa shape index (κ3) is 1.58. The van der Waals surface area contributed by atoms with Gasteiger partial charge in [-0.15, -0.1) is 0 Å². The Morgan fingerprint density at radius 2 is 2.31 bits per heavy atom. The molecule has 1 atom stereocenters. The van der Waals surface area contributed by atoms with Crippen LogP contribution in [0.25, 0.3) is 0 Å². The lowest BCUT2D eigenvalue weighted by molar-refractivity contribution is 0.449. The van der Waals surface area contributed by atoms with Crippen LogP contribution in [0.1, 0.15) is 5.56 Å². The van der Waals surface area contributed by atoms with Gasteiger partial charge in [0.05, 0.1) is 13.1 Å². The molecule has 1 aromatic rings. The van der Waals surface area contributed by atoms with Gasteiger partial charge in [-0.2, -0.15) is 0 Å². The number of benzene rings is 1. The predicted molar refractivity (Wildman–Crippen MR) is 54.1 cm³/mol. The van der Waals surface area contributed by atoms with Crippen molar-refractivity contribution in [3.63, 3.8) is 0 Å². The lowest BCUT2D eigenvalue weighted by Gasteiger charge is -2.36. The first kappa shape index (κ1) is 8.69. The number of aryl methyl sites for hydroxylation is 1. The molecule has 3 heteroatoms. The summed E-state index contributed by atoms with van der Waals surface area (Å²) in [7, 11) is 0. The molecule has 1 fully saturated rings.